The average molecular weight is 543 g/mol. The van der Waals surface area contributed by atoms with Gasteiger partial charge in [-0.2, -0.15) is 0 Å². The minimum Gasteiger partial charge on any atom is -0.490 e. The van der Waals surface area contributed by atoms with Crippen molar-refractivity contribution in [2.45, 2.75) is 83.7 Å². The summed E-state index contributed by atoms with van der Waals surface area (Å²) in [4.78, 5) is 21.2. The van der Waals surface area contributed by atoms with E-state index >= 15 is 0 Å². The molecule has 3 unspecified atom stereocenters. The molecule has 0 saturated carbocycles. The van der Waals surface area contributed by atoms with Gasteiger partial charge in [0.15, 0.2) is 12.0 Å². The van der Waals surface area contributed by atoms with E-state index in [2.05, 4.69) is 16.9 Å². The first-order valence-electron chi connectivity index (χ1n) is 13.5. The fourth-order valence-electron chi connectivity index (χ4n) is 3.96. The molecule has 0 aliphatic heterocycles. The Labute approximate surface area is 228 Å². The van der Waals surface area contributed by atoms with Gasteiger partial charge in [-0.25, -0.2) is 27.9 Å². The third kappa shape index (κ3) is 9.08. The maximum atomic E-state index is 14.9. The van der Waals surface area contributed by atoms with Crippen molar-refractivity contribution in [1.82, 2.24) is 9.97 Å². The number of para-hydroxylation sites is 1. The molecule has 0 saturated heterocycles. The normalized spacial score (nSPS) is 14.3. The van der Waals surface area contributed by atoms with E-state index in [1.807, 2.05) is 0 Å². The molecule has 0 spiro atoms. The second kappa shape index (κ2) is 14.7. The molecule has 0 amide bonds. The molecule has 5 nitrogen and oxygen atoms in total. The molecule has 1 heterocycles. The SMILES string of the molecule is CCCCCCCCC(C)(F)C(=O)Oc1ccc(-c2cnc(-c3ccccc3OCC(F)C(C)F)nc2)cc1. The lowest BCUT2D eigenvalue weighted by atomic mass is 9.99. The second-order valence-corrected chi connectivity index (χ2v) is 9.93. The van der Waals surface area contributed by atoms with Gasteiger partial charge in [0.2, 0.25) is 5.67 Å². The predicted molar refractivity (Wildman–Crippen MR) is 147 cm³/mol. The number of hydrogen-bond donors (Lipinski definition) is 0. The molecule has 0 aliphatic rings. The van der Waals surface area contributed by atoms with E-state index in [4.69, 9.17) is 9.47 Å². The summed E-state index contributed by atoms with van der Waals surface area (Å²) in [7, 11) is 0. The molecule has 0 fully saturated rings. The molecule has 3 rings (SSSR count). The van der Waals surface area contributed by atoms with Crippen molar-refractivity contribution in [3.05, 3.63) is 60.9 Å². The van der Waals surface area contributed by atoms with Crippen LogP contribution in [0.25, 0.3) is 22.5 Å². The zero-order valence-electron chi connectivity index (χ0n) is 22.8. The largest absolute Gasteiger partial charge is 0.490 e. The first-order valence-corrected chi connectivity index (χ1v) is 13.5. The maximum absolute atomic E-state index is 14.9. The summed E-state index contributed by atoms with van der Waals surface area (Å²) >= 11 is 0. The molecule has 0 aliphatic carbocycles. The first-order chi connectivity index (χ1) is 18.7. The van der Waals surface area contributed by atoms with E-state index < -0.39 is 30.6 Å². The van der Waals surface area contributed by atoms with Crippen molar-refractivity contribution >= 4 is 5.97 Å². The number of ether oxygens (including phenoxy) is 2. The van der Waals surface area contributed by atoms with Crippen molar-refractivity contribution in [3.63, 3.8) is 0 Å². The summed E-state index contributed by atoms with van der Waals surface area (Å²) in [5, 5.41) is 0. The molecular formula is C31H37F3N2O3. The third-order valence-corrected chi connectivity index (χ3v) is 6.50. The Morgan fingerprint density at radius 3 is 2.23 bits per heavy atom. The van der Waals surface area contributed by atoms with Crippen LogP contribution in [0.4, 0.5) is 13.2 Å². The van der Waals surface area contributed by atoms with Gasteiger partial charge >= 0.3 is 5.97 Å². The van der Waals surface area contributed by atoms with Crippen molar-refractivity contribution in [1.29, 1.82) is 0 Å². The van der Waals surface area contributed by atoms with Gasteiger partial charge in [0.25, 0.3) is 0 Å². The summed E-state index contributed by atoms with van der Waals surface area (Å²) < 4.78 is 52.5. The molecule has 39 heavy (non-hydrogen) atoms. The van der Waals surface area contributed by atoms with Crippen molar-refractivity contribution < 1.29 is 27.4 Å². The Hall–Kier alpha value is -3.42. The fourth-order valence-corrected chi connectivity index (χ4v) is 3.96. The highest BCUT2D eigenvalue weighted by atomic mass is 19.2. The lowest BCUT2D eigenvalue weighted by molar-refractivity contribution is -0.147. The number of carbonyl (C=O) groups excluding carboxylic acids is 1. The van der Waals surface area contributed by atoms with E-state index in [0.29, 0.717) is 29.1 Å². The lowest BCUT2D eigenvalue weighted by Crippen LogP contribution is -2.34. The summed E-state index contributed by atoms with van der Waals surface area (Å²) in [6, 6.07) is 13.6. The van der Waals surface area contributed by atoms with Gasteiger partial charge in [-0.3, -0.25) is 0 Å². The first kappa shape index (κ1) is 30.1. The average Bonchev–Trinajstić information content (AvgIpc) is 2.94. The zero-order chi connectivity index (χ0) is 28.3. The smallest absolute Gasteiger partial charge is 0.348 e. The van der Waals surface area contributed by atoms with Gasteiger partial charge in [-0.1, -0.05) is 63.3 Å². The molecule has 2 aromatic carbocycles. The number of rotatable bonds is 15. The van der Waals surface area contributed by atoms with E-state index in [1.165, 1.54) is 13.3 Å². The highest BCUT2D eigenvalue weighted by Gasteiger charge is 2.34. The van der Waals surface area contributed by atoms with Gasteiger partial charge in [-0.15, -0.1) is 0 Å². The lowest BCUT2D eigenvalue weighted by Gasteiger charge is -2.18. The van der Waals surface area contributed by atoms with Crippen LogP contribution in [0.3, 0.4) is 0 Å². The number of alkyl halides is 3. The summed E-state index contributed by atoms with van der Waals surface area (Å²) in [5.74, 6) is 0.0951. The number of esters is 1. The number of aromatic nitrogens is 2. The van der Waals surface area contributed by atoms with Crippen LogP contribution >= 0.6 is 0 Å². The number of benzene rings is 2. The molecule has 0 bridgehead atoms. The number of unbranched alkanes of at least 4 members (excludes halogenated alkanes) is 5. The van der Waals surface area contributed by atoms with Crippen molar-refractivity contribution in [2.24, 2.45) is 0 Å². The van der Waals surface area contributed by atoms with E-state index in [0.717, 1.165) is 38.2 Å². The highest BCUT2D eigenvalue weighted by Crippen LogP contribution is 2.30. The van der Waals surface area contributed by atoms with Gasteiger partial charge in [0.1, 0.15) is 24.3 Å². The zero-order valence-corrected chi connectivity index (χ0v) is 22.8. The topological polar surface area (TPSA) is 61.3 Å². The minimum atomic E-state index is -2.04. The van der Waals surface area contributed by atoms with Crippen molar-refractivity contribution in [3.8, 4) is 34.0 Å². The second-order valence-electron chi connectivity index (χ2n) is 9.93. The Bertz CT molecular complexity index is 1170. The van der Waals surface area contributed by atoms with Crippen LogP contribution in [0.5, 0.6) is 11.5 Å². The van der Waals surface area contributed by atoms with Crippen LogP contribution in [-0.2, 0) is 4.79 Å². The van der Waals surface area contributed by atoms with Crippen LogP contribution in [0.2, 0.25) is 0 Å². The Kier molecular flexibility index (Phi) is 11.3. The summed E-state index contributed by atoms with van der Waals surface area (Å²) in [6.07, 6.45) is 6.07. The summed E-state index contributed by atoms with van der Waals surface area (Å²) in [5.41, 5.74) is 0.00411. The molecule has 0 radical (unpaired) electrons. The quantitative estimate of drug-likeness (QED) is 0.110. The summed E-state index contributed by atoms with van der Waals surface area (Å²) in [6.45, 7) is 4.15. The van der Waals surface area contributed by atoms with Gasteiger partial charge in [-0.05, 0) is 56.5 Å². The van der Waals surface area contributed by atoms with Crippen molar-refractivity contribution in [2.75, 3.05) is 6.61 Å². The third-order valence-electron chi connectivity index (χ3n) is 6.50. The van der Waals surface area contributed by atoms with Crippen LogP contribution in [-0.4, -0.2) is 40.6 Å². The Morgan fingerprint density at radius 2 is 1.56 bits per heavy atom. The number of nitrogens with zero attached hydrogens (tertiary/aromatic N) is 2. The fraction of sp³-hybridized carbons (Fsp3) is 0.452. The number of carbonyl (C=O) groups is 1. The Balaban J connectivity index is 1.59. The van der Waals surface area contributed by atoms with E-state index in [1.54, 1.807) is 60.9 Å². The molecule has 0 N–H and O–H groups in total. The molecule has 3 atom stereocenters. The van der Waals surface area contributed by atoms with Gasteiger partial charge < -0.3 is 9.47 Å². The number of hydrogen-bond acceptors (Lipinski definition) is 5. The van der Waals surface area contributed by atoms with Crippen LogP contribution in [0.15, 0.2) is 60.9 Å². The predicted octanol–water partition coefficient (Wildman–Crippen LogP) is 8.27. The highest BCUT2D eigenvalue weighted by molar-refractivity contribution is 5.81. The van der Waals surface area contributed by atoms with Crippen LogP contribution < -0.4 is 9.47 Å². The van der Waals surface area contributed by atoms with Gasteiger partial charge in [0.05, 0.1) is 5.56 Å². The molecule has 1 aromatic heterocycles. The van der Waals surface area contributed by atoms with Crippen LogP contribution in [0, 0.1) is 0 Å². The molecule has 210 valence electrons. The molecule has 8 heteroatoms. The number of halogens is 3. The molecule has 3 aromatic rings. The maximum Gasteiger partial charge on any atom is 0.348 e. The van der Waals surface area contributed by atoms with Crippen LogP contribution in [0.1, 0.15) is 65.7 Å². The van der Waals surface area contributed by atoms with Gasteiger partial charge in [0, 0.05) is 18.0 Å². The van der Waals surface area contributed by atoms with E-state index in [9.17, 15) is 18.0 Å². The van der Waals surface area contributed by atoms with E-state index in [-0.39, 0.29) is 12.2 Å². The molecular weight excluding hydrogens is 505 g/mol. The standard InChI is InChI=1S/C31H37F3N2O3/c1-4-5-6-7-8-11-18-31(3,34)30(37)39-25-16-14-23(15-17-25)24-19-35-29(36-20-24)26-12-9-10-13-28(26)38-21-27(33)22(2)32/h9-10,12-17,19-20,22,27H,4-8,11,18,21H2,1-3H3. The Morgan fingerprint density at radius 1 is 0.923 bits per heavy atom. The monoisotopic (exact) mass is 542 g/mol. The minimum absolute atomic E-state index is 0.136.